The van der Waals surface area contributed by atoms with E-state index in [0.29, 0.717) is 16.8 Å². The normalized spacial score (nSPS) is 15.3. The van der Waals surface area contributed by atoms with Gasteiger partial charge in [0.05, 0.1) is 4.88 Å². The Labute approximate surface area is 164 Å². The molecule has 0 spiro atoms. The molecule has 1 fully saturated rings. The topological polar surface area (TPSA) is 53.2 Å². The summed E-state index contributed by atoms with van der Waals surface area (Å²) in [5.74, 6) is -0.382. The van der Waals surface area contributed by atoms with Gasteiger partial charge in [-0.05, 0) is 50.4 Å². The molecule has 1 aliphatic carbocycles. The minimum absolute atomic E-state index is 0.111. The highest BCUT2D eigenvalue weighted by Crippen LogP contribution is 2.27. The summed E-state index contributed by atoms with van der Waals surface area (Å²) >= 11 is 1.34. The highest BCUT2D eigenvalue weighted by Gasteiger charge is 2.12. The minimum Gasteiger partial charge on any atom is -0.351 e. The summed E-state index contributed by atoms with van der Waals surface area (Å²) in [6.45, 7) is 3.65. The Morgan fingerprint density at radius 2 is 1.89 bits per heavy atom. The first kappa shape index (κ1) is 20.2. The highest BCUT2D eigenvalue weighted by atomic mass is 32.1. The SMILES string of the molecule is O=C(NCCCCNCCNC1CCCCC1)c1cc2c(F)cccc2s1. The van der Waals surface area contributed by atoms with Crippen LogP contribution in [0.5, 0.6) is 0 Å². The van der Waals surface area contributed by atoms with Crippen molar-refractivity contribution in [1.29, 1.82) is 0 Å². The van der Waals surface area contributed by atoms with Gasteiger partial charge in [-0.3, -0.25) is 4.79 Å². The van der Waals surface area contributed by atoms with Crippen LogP contribution in [0.4, 0.5) is 4.39 Å². The van der Waals surface area contributed by atoms with E-state index in [1.54, 1.807) is 12.1 Å². The van der Waals surface area contributed by atoms with E-state index in [4.69, 9.17) is 0 Å². The Morgan fingerprint density at radius 1 is 1.07 bits per heavy atom. The lowest BCUT2D eigenvalue weighted by Gasteiger charge is -2.22. The summed E-state index contributed by atoms with van der Waals surface area (Å²) in [5, 5.41) is 10.5. The number of carbonyl (C=O) groups excluding carboxylic acids is 1. The highest BCUT2D eigenvalue weighted by molar-refractivity contribution is 7.20. The van der Waals surface area contributed by atoms with Gasteiger partial charge in [0, 0.05) is 35.8 Å². The molecule has 1 saturated carbocycles. The number of nitrogens with one attached hydrogen (secondary N) is 3. The smallest absolute Gasteiger partial charge is 0.261 e. The third-order valence-electron chi connectivity index (χ3n) is 5.14. The maximum Gasteiger partial charge on any atom is 0.261 e. The Morgan fingerprint density at radius 3 is 2.70 bits per heavy atom. The van der Waals surface area contributed by atoms with Gasteiger partial charge >= 0.3 is 0 Å². The molecule has 0 unspecified atom stereocenters. The number of carbonyl (C=O) groups is 1. The van der Waals surface area contributed by atoms with Gasteiger partial charge in [0.15, 0.2) is 0 Å². The van der Waals surface area contributed by atoms with E-state index in [1.807, 2.05) is 6.07 Å². The second-order valence-electron chi connectivity index (χ2n) is 7.26. The van der Waals surface area contributed by atoms with Gasteiger partial charge in [-0.1, -0.05) is 25.3 Å². The Hall–Kier alpha value is -1.50. The van der Waals surface area contributed by atoms with Crippen molar-refractivity contribution in [2.24, 2.45) is 0 Å². The molecule has 0 aliphatic heterocycles. The summed E-state index contributed by atoms with van der Waals surface area (Å²) in [6.07, 6.45) is 8.75. The number of halogens is 1. The van der Waals surface area contributed by atoms with Crippen molar-refractivity contribution in [2.45, 2.75) is 51.0 Å². The second-order valence-corrected chi connectivity index (χ2v) is 8.35. The number of hydrogen-bond acceptors (Lipinski definition) is 4. The van der Waals surface area contributed by atoms with Crippen molar-refractivity contribution in [2.75, 3.05) is 26.2 Å². The minimum atomic E-state index is -0.271. The maximum absolute atomic E-state index is 13.7. The molecule has 4 nitrogen and oxygen atoms in total. The van der Waals surface area contributed by atoms with E-state index in [9.17, 15) is 9.18 Å². The molecule has 2 aromatic rings. The lowest BCUT2D eigenvalue weighted by molar-refractivity contribution is 0.0957. The van der Waals surface area contributed by atoms with Crippen LogP contribution in [0.3, 0.4) is 0 Å². The molecular weight excluding hydrogens is 361 g/mol. The van der Waals surface area contributed by atoms with Crippen LogP contribution < -0.4 is 16.0 Å². The van der Waals surface area contributed by atoms with Gasteiger partial charge in [-0.25, -0.2) is 4.39 Å². The van der Waals surface area contributed by atoms with Crippen LogP contribution in [0.25, 0.3) is 10.1 Å². The average molecular weight is 392 g/mol. The molecule has 1 amide bonds. The predicted molar refractivity (Wildman–Crippen MR) is 111 cm³/mol. The largest absolute Gasteiger partial charge is 0.351 e. The van der Waals surface area contributed by atoms with Crippen molar-refractivity contribution in [3.8, 4) is 0 Å². The lowest BCUT2D eigenvalue weighted by Crippen LogP contribution is -2.36. The first-order valence-electron chi connectivity index (χ1n) is 10.1. The molecule has 1 heterocycles. The third-order valence-corrected chi connectivity index (χ3v) is 6.24. The zero-order valence-corrected chi connectivity index (χ0v) is 16.7. The van der Waals surface area contributed by atoms with Crippen molar-refractivity contribution < 1.29 is 9.18 Å². The number of benzene rings is 1. The van der Waals surface area contributed by atoms with Crippen molar-refractivity contribution in [3.63, 3.8) is 0 Å². The van der Waals surface area contributed by atoms with Crippen LogP contribution in [0.15, 0.2) is 24.3 Å². The molecule has 0 radical (unpaired) electrons. The van der Waals surface area contributed by atoms with Crippen LogP contribution in [-0.4, -0.2) is 38.1 Å². The van der Waals surface area contributed by atoms with E-state index in [-0.39, 0.29) is 11.7 Å². The zero-order chi connectivity index (χ0) is 18.9. The first-order valence-corrected chi connectivity index (χ1v) is 11.0. The van der Waals surface area contributed by atoms with Crippen LogP contribution in [0.1, 0.15) is 54.6 Å². The van der Waals surface area contributed by atoms with Crippen LogP contribution in [0, 0.1) is 5.82 Å². The number of rotatable bonds is 10. The van der Waals surface area contributed by atoms with Crippen LogP contribution >= 0.6 is 11.3 Å². The molecule has 0 saturated heterocycles. The number of unbranched alkanes of at least 4 members (excludes halogenated alkanes) is 1. The van der Waals surface area contributed by atoms with Crippen molar-refractivity contribution in [3.05, 3.63) is 35.0 Å². The summed E-state index contributed by atoms with van der Waals surface area (Å²) in [7, 11) is 0. The molecule has 27 heavy (non-hydrogen) atoms. The molecule has 3 rings (SSSR count). The fourth-order valence-corrected chi connectivity index (χ4v) is 4.59. The van der Waals surface area contributed by atoms with Crippen molar-refractivity contribution in [1.82, 2.24) is 16.0 Å². The lowest BCUT2D eigenvalue weighted by atomic mass is 9.95. The first-order chi connectivity index (χ1) is 13.2. The predicted octanol–water partition coefficient (Wildman–Crippen LogP) is 4.06. The summed E-state index contributed by atoms with van der Waals surface area (Å²) in [4.78, 5) is 12.8. The molecule has 3 N–H and O–H groups in total. The third kappa shape index (κ3) is 6.26. The number of hydrogen-bond donors (Lipinski definition) is 3. The van der Waals surface area contributed by atoms with Crippen LogP contribution in [0.2, 0.25) is 0 Å². The zero-order valence-electron chi connectivity index (χ0n) is 15.9. The number of fused-ring (bicyclic) bond motifs is 1. The van der Waals surface area contributed by atoms with Crippen molar-refractivity contribution >= 4 is 27.3 Å². The molecular formula is C21H30FN3OS. The standard InChI is InChI=1S/C21H30FN3OS/c22-18-9-6-10-19-17(18)15-20(27-19)21(26)25-12-5-4-11-23-13-14-24-16-7-2-1-3-8-16/h6,9-10,15-16,23-24H,1-5,7-8,11-14H2,(H,25,26). The Kier molecular flexibility index (Phi) is 8.05. The van der Waals surface area contributed by atoms with E-state index in [1.165, 1.54) is 49.5 Å². The molecule has 1 aromatic carbocycles. The quantitative estimate of drug-likeness (QED) is 0.535. The maximum atomic E-state index is 13.7. The summed E-state index contributed by atoms with van der Waals surface area (Å²) < 4.78 is 14.5. The summed E-state index contributed by atoms with van der Waals surface area (Å²) in [6, 6.07) is 7.31. The number of amides is 1. The average Bonchev–Trinajstić information content (AvgIpc) is 3.13. The van der Waals surface area contributed by atoms with E-state index in [2.05, 4.69) is 16.0 Å². The van der Waals surface area contributed by atoms with Gasteiger partial charge in [0.2, 0.25) is 0 Å². The van der Waals surface area contributed by atoms with E-state index >= 15 is 0 Å². The molecule has 148 valence electrons. The van der Waals surface area contributed by atoms with Gasteiger partial charge in [0.1, 0.15) is 5.82 Å². The van der Waals surface area contributed by atoms with Gasteiger partial charge in [-0.15, -0.1) is 11.3 Å². The van der Waals surface area contributed by atoms with Gasteiger partial charge in [-0.2, -0.15) is 0 Å². The molecule has 0 atom stereocenters. The molecule has 1 aromatic heterocycles. The monoisotopic (exact) mass is 391 g/mol. The molecule has 1 aliphatic rings. The molecule has 6 heteroatoms. The fraction of sp³-hybridized carbons (Fsp3) is 0.571. The Bertz CT molecular complexity index is 727. The van der Waals surface area contributed by atoms with E-state index in [0.717, 1.165) is 43.2 Å². The van der Waals surface area contributed by atoms with E-state index < -0.39 is 0 Å². The fourth-order valence-electron chi connectivity index (χ4n) is 3.60. The van der Waals surface area contributed by atoms with Crippen LogP contribution in [-0.2, 0) is 0 Å². The van der Waals surface area contributed by atoms with Gasteiger partial charge < -0.3 is 16.0 Å². The summed E-state index contributed by atoms with van der Waals surface area (Å²) in [5.41, 5.74) is 0. The second kappa shape index (κ2) is 10.7. The molecule has 0 bridgehead atoms. The number of thiophene rings is 1. The Balaban J connectivity index is 1.23. The van der Waals surface area contributed by atoms with Gasteiger partial charge in [0.25, 0.3) is 5.91 Å².